The number of rotatable bonds is 8. The number of hydrogen-bond donors (Lipinski definition) is 2. The van der Waals surface area contributed by atoms with Crippen LogP contribution in [0, 0.1) is 0 Å². The summed E-state index contributed by atoms with van der Waals surface area (Å²) < 4.78 is 30.9. The first-order chi connectivity index (χ1) is 8.94. The van der Waals surface area contributed by atoms with Gasteiger partial charge < -0.3 is 9.73 Å². The SMILES string of the molecule is CCCCS(=O)(=O)NCCNC(=O)c1ccc(Br)o1. The van der Waals surface area contributed by atoms with Crippen LogP contribution >= 0.6 is 15.9 Å². The van der Waals surface area contributed by atoms with E-state index in [1.54, 1.807) is 6.07 Å². The summed E-state index contributed by atoms with van der Waals surface area (Å²) >= 11 is 3.09. The smallest absolute Gasteiger partial charge is 0.287 e. The zero-order chi connectivity index (χ0) is 14.3. The Labute approximate surface area is 121 Å². The van der Waals surface area contributed by atoms with E-state index in [9.17, 15) is 13.2 Å². The highest BCUT2D eigenvalue weighted by atomic mass is 79.9. The lowest BCUT2D eigenvalue weighted by atomic mass is 10.4. The monoisotopic (exact) mass is 352 g/mol. The summed E-state index contributed by atoms with van der Waals surface area (Å²) in [6.07, 6.45) is 1.45. The number of carbonyl (C=O) groups is 1. The number of hydrogen-bond acceptors (Lipinski definition) is 4. The fourth-order valence-corrected chi connectivity index (χ4v) is 2.85. The summed E-state index contributed by atoms with van der Waals surface area (Å²) in [5.74, 6) is -0.0815. The van der Waals surface area contributed by atoms with Gasteiger partial charge >= 0.3 is 0 Å². The Morgan fingerprint density at radius 3 is 2.68 bits per heavy atom. The highest BCUT2D eigenvalue weighted by molar-refractivity contribution is 9.10. The molecule has 0 aliphatic rings. The van der Waals surface area contributed by atoms with E-state index in [4.69, 9.17) is 4.42 Å². The van der Waals surface area contributed by atoms with E-state index < -0.39 is 10.0 Å². The number of sulfonamides is 1. The Morgan fingerprint density at radius 2 is 2.11 bits per heavy atom. The molecule has 108 valence electrons. The van der Waals surface area contributed by atoms with Crippen LogP contribution in [0.4, 0.5) is 0 Å². The van der Waals surface area contributed by atoms with E-state index in [1.165, 1.54) is 6.07 Å². The molecule has 0 saturated heterocycles. The second kappa shape index (κ2) is 7.66. The van der Waals surface area contributed by atoms with Crippen LogP contribution in [0.3, 0.4) is 0 Å². The molecular weight excluding hydrogens is 336 g/mol. The Bertz CT molecular complexity index is 513. The van der Waals surface area contributed by atoms with E-state index in [2.05, 4.69) is 26.0 Å². The third-order valence-corrected chi connectivity index (χ3v) is 4.19. The molecule has 6 nitrogen and oxygen atoms in total. The fourth-order valence-electron chi connectivity index (χ4n) is 1.31. The van der Waals surface area contributed by atoms with Gasteiger partial charge in [0.05, 0.1) is 5.75 Å². The lowest BCUT2D eigenvalue weighted by Gasteiger charge is -2.06. The van der Waals surface area contributed by atoms with E-state index in [-0.39, 0.29) is 30.5 Å². The van der Waals surface area contributed by atoms with Crippen molar-refractivity contribution in [2.24, 2.45) is 0 Å². The van der Waals surface area contributed by atoms with Crippen molar-refractivity contribution in [3.63, 3.8) is 0 Å². The first-order valence-corrected chi connectivity index (χ1v) is 8.40. The molecule has 0 atom stereocenters. The number of furan rings is 1. The molecule has 0 spiro atoms. The average molecular weight is 353 g/mol. The lowest BCUT2D eigenvalue weighted by molar-refractivity contribution is 0.0925. The highest BCUT2D eigenvalue weighted by Gasteiger charge is 2.11. The maximum absolute atomic E-state index is 11.6. The van der Waals surface area contributed by atoms with Crippen molar-refractivity contribution in [1.82, 2.24) is 10.0 Å². The Morgan fingerprint density at radius 1 is 1.37 bits per heavy atom. The normalized spacial score (nSPS) is 11.5. The van der Waals surface area contributed by atoms with Gasteiger partial charge in [0.25, 0.3) is 5.91 Å². The number of halogens is 1. The minimum atomic E-state index is -3.23. The third-order valence-electron chi connectivity index (χ3n) is 2.30. The summed E-state index contributed by atoms with van der Waals surface area (Å²) in [5, 5.41) is 2.56. The van der Waals surface area contributed by atoms with Crippen LogP contribution in [0.5, 0.6) is 0 Å². The molecule has 0 unspecified atom stereocenters. The molecule has 0 saturated carbocycles. The molecule has 1 aromatic rings. The molecule has 0 bridgehead atoms. The standard InChI is InChI=1S/C11H17BrN2O4S/c1-2-3-8-19(16,17)14-7-6-13-11(15)9-4-5-10(12)18-9/h4-5,14H,2-3,6-8H2,1H3,(H,13,15). The van der Waals surface area contributed by atoms with Crippen molar-refractivity contribution in [1.29, 1.82) is 0 Å². The van der Waals surface area contributed by atoms with Crippen molar-refractivity contribution in [3.05, 3.63) is 22.6 Å². The molecule has 0 aliphatic carbocycles. The number of unbranched alkanes of at least 4 members (excludes halogenated alkanes) is 1. The van der Waals surface area contributed by atoms with Gasteiger partial charge in [-0.25, -0.2) is 13.1 Å². The first-order valence-electron chi connectivity index (χ1n) is 5.95. The maximum Gasteiger partial charge on any atom is 0.287 e. The van der Waals surface area contributed by atoms with E-state index in [0.717, 1.165) is 6.42 Å². The van der Waals surface area contributed by atoms with Crippen LogP contribution in [0.15, 0.2) is 21.2 Å². The molecule has 0 aliphatic heterocycles. The molecule has 0 aromatic carbocycles. The van der Waals surface area contributed by atoms with Gasteiger partial charge in [-0.05, 0) is 34.5 Å². The number of nitrogens with one attached hydrogen (secondary N) is 2. The zero-order valence-electron chi connectivity index (χ0n) is 10.6. The molecule has 2 N–H and O–H groups in total. The Hall–Kier alpha value is -0.860. The van der Waals surface area contributed by atoms with Gasteiger partial charge in [0.2, 0.25) is 10.0 Å². The second-order valence-corrected chi connectivity index (χ2v) is 6.63. The van der Waals surface area contributed by atoms with Gasteiger partial charge in [-0.1, -0.05) is 13.3 Å². The molecule has 0 radical (unpaired) electrons. The van der Waals surface area contributed by atoms with Crippen LogP contribution in [-0.4, -0.2) is 33.2 Å². The predicted octanol–water partition coefficient (Wildman–Crippen LogP) is 1.49. The topological polar surface area (TPSA) is 88.4 Å². The average Bonchev–Trinajstić information content (AvgIpc) is 2.79. The minimum absolute atomic E-state index is 0.114. The molecule has 1 heterocycles. The molecule has 19 heavy (non-hydrogen) atoms. The maximum atomic E-state index is 11.6. The summed E-state index contributed by atoms with van der Waals surface area (Å²) in [7, 11) is -3.23. The minimum Gasteiger partial charge on any atom is -0.444 e. The highest BCUT2D eigenvalue weighted by Crippen LogP contribution is 2.13. The summed E-state index contributed by atoms with van der Waals surface area (Å²) in [6.45, 7) is 2.30. The van der Waals surface area contributed by atoms with E-state index in [0.29, 0.717) is 11.1 Å². The fraction of sp³-hybridized carbons (Fsp3) is 0.545. The van der Waals surface area contributed by atoms with Gasteiger partial charge in [0.15, 0.2) is 10.4 Å². The van der Waals surface area contributed by atoms with Crippen molar-refractivity contribution in [2.45, 2.75) is 19.8 Å². The van der Waals surface area contributed by atoms with Gasteiger partial charge in [-0.2, -0.15) is 0 Å². The largest absolute Gasteiger partial charge is 0.444 e. The third kappa shape index (κ3) is 6.22. The van der Waals surface area contributed by atoms with Crippen LogP contribution in [0.25, 0.3) is 0 Å². The van der Waals surface area contributed by atoms with Crippen molar-refractivity contribution < 1.29 is 17.6 Å². The van der Waals surface area contributed by atoms with Crippen molar-refractivity contribution in [3.8, 4) is 0 Å². The lowest BCUT2D eigenvalue weighted by Crippen LogP contribution is -2.35. The van der Waals surface area contributed by atoms with Crippen LogP contribution in [0.1, 0.15) is 30.3 Å². The Balaban J connectivity index is 2.26. The molecular formula is C11H17BrN2O4S. The van der Waals surface area contributed by atoms with Crippen molar-refractivity contribution >= 4 is 31.9 Å². The van der Waals surface area contributed by atoms with E-state index in [1.807, 2.05) is 6.92 Å². The number of carbonyl (C=O) groups excluding carboxylic acids is 1. The van der Waals surface area contributed by atoms with Gasteiger partial charge in [0, 0.05) is 13.1 Å². The van der Waals surface area contributed by atoms with Crippen LogP contribution in [0.2, 0.25) is 0 Å². The second-order valence-electron chi connectivity index (χ2n) is 3.93. The first kappa shape index (κ1) is 16.2. The summed E-state index contributed by atoms with van der Waals surface area (Å²) in [5.41, 5.74) is 0. The summed E-state index contributed by atoms with van der Waals surface area (Å²) in [6, 6.07) is 3.15. The van der Waals surface area contributed by atoms with Gasteiger partial charge in [0.1, 0.15) is 0 Å². The summed E-state index contributed by atoms with van der Waals surface area (Å²) in [4.78, 5) is 11.6. The quantitative estimate of drug-likeness (QED) is 0.693. The molecule has 1 rings (SSSR count). The zero-order valence-corrected chi connectivity index (χ0v) is 13.0. The van der Waals surface area contributed by atoms with Crippen LogP contribution < -0.4 is 10.0 Å². The Kier molecular flexibility index (Phi) is 6.53. The van der Waals surface area contributed by atoms with Crippen LogP contribution in [-0.2, 0) is 10.0 Å². The number of amides is 1. The van der Waals surface area contributed by atoms with Gasteiger partial charge in [-0.3, -0.25) is 4.79 Å². The molecule has 1 aromatic heterocycles. The van der Waals surface area contributed by atoms with Crippen molar-refractivity contribution in [2.75, 3.05) is 18.8 Å². The van der Waals surface area contributed by atoms with E-state index >= 15 is 0 Å². The van der Waals surface area contributed by atoms with Gasteiger partial charge in [-0.15, -0.1) is 0 Å². The molecule has 0 fully saturated rings. The predicted molar refractivity (Wildman–Crippen MR) is 75.4 cm³/mol. The molecule has 8 heteroatoms. The molecule has 1 amide bonds.